The molecule has 2 aromatic rings. The maximum Gasteiger partial charge on any atom is 0.256 e. The minimum absolute atomic E-state index is 0.276. The van der Waals surface area contributed by atoms with E-state index in [-0.39, 0.29) is 5.15 Å². The molecule has 80 valence electrons. The van der Waals surface area contributed by atoms with Crippen LogP contribution in [0.25, 0.3) is 11.2 Å². The van der Waals surface area contributed by atoms with Crippen molar-refractivity contribution in [3.05, 3.63) is 23.1 Å². The van der Waals surface area contributed by atoms with E-state index in [2.05, 4.69) is 9.97 Å². The highest BCUT2D eigenvalue weighted by Gasteiger charge is 2.13. The second-order valence-corrected chi connectivity index (χ2v) is 3.52. The van der Waals surface area contributed by atoms with Crippen LogP contribution in [0.5, 0.6) is 0 Å². The zero-order valence-electron chi connectivity index (χ0n) is 7.91. The summed E-state index contributed by atoms with van der Waals surface area (Å²) in [6, 6.07) is 3.25. The van der Waals surface area contributed by atoms with Crippen molar-refractivity contribution in [3.8, 4) is 0 Å². The molecule has 0 aliphatic heterocycles. The van der Waals surface area contributed by atoms with Crippen LogP contribution in [-0.2, 0) is 6.54 Å². The van der Waals surface area contributed by atoms with E-state index in [0.29, 0.717) is 17.0 Å². The summed E-state index contributed by atoms with van der Waals surface area (Å²) in [5, 5.41) is 0.276. The van der Waals surface area contributed by atoms with E-state index in [1.807, 2.05) is 0 Å². The molecule has 3 nitrogen and oxygen atoms in total. The normalized spacial score (nSPS) is 11.5. The number of halogens is 3. The van der Waals surface area contributed by atoms with Gasteiger partial charge in [-0.15, -0.1) is 0 Å². The van der Waals surface area contributed by atoms with E-state index in [0.717, 1.165) is 0 Å². The lowest BCUT2D eigenvalue weighted by molar-refractivity contribution is 0.127. The second-order valence-electron chi connectivity index (χ2n) is 3.14. The number of hydrogen-bond donors (Lipinski definition) is 0. The molecule has 0 amide bonds. The van der Waals surface area contributed by atoms with Gasteiger partial charge in [0.25, 0.3) is 6.43 Å². The predicted molar refractivity (Wildman–Crippen MR) is 53.3 cm³/mol. The Morgan fingerprint density at radius 2 is 2.13 bits per heavy atom. The first-order valence-electron chi connectivity index (χ1n) is 4.35. The quantitative estimate of drug-likeness (QED) is 0.744. The summed E-state index contributed by atoms with van der Waals surface area (Å²) < 4.78 is 26.0. The zero-order chi connectivity index (χ0) is 11.0. The highest BCUT2D eigenvalue weighted by atomic mass is 35.5. The Morgan fingerprint density at radius 1 is 1.40 bits per heavy atom. The van der Waals surface area contributed by atoms with Crippen LogP contribution >= 0.6 is 11.6 Å². The largest absolute Gasteiger partial charge is 0.307 e. The number of hydrogen-bond acceptors (Lipinski definition) is 2. The number of nitrogens with zero attached hydrogens (tertiary/aromatic N) is 3. The van der Waals surface area contributed by atoms with Gasteiger partial charge in [-0.2, -0.15) is 0 Å². The first kappa shape index (κ1) is 10.3. The average molecular weight is 232 g/mol. The molecule has 0 radical (unpaired) electrons. The molecule has 0 aliphatic carbocycles. The van der Waals surface area contributed by atoms with Gasteiger partial charge in [-0.05, 0) is 19.1 Å². The van der Waals surface area contributed by atoms with E-state index in [1.54, 1.807) is 19.1 Å². The van der Waals surface area contributed by atoms with Gasteiger partial charge in [-0.1, -0.05) is 11.6 Å². The van der Waals surface area contributed by atoms with Crippen LogP contribution in [0.2, 0.25) is 5.15 Å². The number of pyridine rings is 1. The fourth-order valence-electron chi connectivity index (χ4n) is 1.45. The molecule has 0 atom stereocenters. The number of fused-ring (bicyclic) bond motifs is 1. The Balaban J connectivity index is 2.60. The summed E-state index contributed by atoms with van der Waals surface area (Å²) in [6.07, 6.45) is -2.43. The minimum atomic E-state index is -2.43. The lowest BCUT2D eigenvalue weighted by Gasteiger charge is -2.04. The molecular formula is C9H8ClF2N3. The van der Waals surface area contributed by atoms with Gasteiger partial charge in [0.1, 0.15) is 16.5 Å². The van der Waals surface area contributed by atoms with Crippen molar-refractivity contribution in [2.45, 2.75) is 19.9 Å². The lowest BCUT2D eigenvalue weighted by atomic mass is 10.4. The standard InChI is InChI=1S/C9H8ClF2N3/c1-5-13-6-2-3-7(10)14-9(6)15(5)4-8(11)12/h2-3,8H,4H2,1H3. The van der Waals surface area contributed by atoms with Crippen molar-refractivity contribution in [2.24, 2.45) is 0 Å². The van der Waals surface area contributed by atoms with Gasteiger partial charge >= 0.3 is 0 Å². The van der Waals surface area contributed by atoms with Gasteiger partial charge in [0.2, 0.25) is 0 Å². The molecule has 2 heterocycles. The Kier molecular flexibility index (Phi) is 2.56. The SMILES string of the molecule is Cc1nc2ccc(Cl)nc2n1CC(F)F. The summed E-state index contributed by atoms with van der Waals surface area (Å²) in [6.45, 7) is 1.26. The molecule has 2 rings (SSSR count). The third kappa shape index (κ3) is 1.92. The first-order chi connectivity index (χ1) is 7.08. The molecule has 0 saturated heterocycles. The molecule has 0 fully saturated rings. The number of alkyl halides is 2. The first-order valence-corrected chi connectivity index (χ1v) is 4.73. The van der Waals surface area contributed by atoms with E-state index in [9.17, 15) is 8.78 Å². The molecule has 15 heavy (non-hydrogen) atoms. The Hall–Kier alpha value is -1.23. The van der Waals surface area contributed by atoms with Crippen LogP contribution < -0.4 is 0 Å². The molecule has 2 aromatic heterocycles. The number of imidazole rings is 1. The van der Waals surface area contributed by atoms with Crippen molar-refractivity contribution in [1.82, 2.24) is 14.5 Å². The molecule has 6 heteroatoms. The maximum atomic E-state index is 12.3. The molecule has 0 unspecified atom stereocenters. The van der Waals surface area contributed by atoms with Crippen LogP contribution in [0.15, 0.2) is 12.1 Å². The summed E-state index contributed by atoms with van der Waals surface area (Å²) in [7, 11) is 0. The molecule has 0 N–H and O–H groups in total. The fraction of sp³-hybridized carbons (Fsp3) is 0.333. The van der Waals surface area contributed by atoms with Crippen LogP contribution in [0.4, 0.5) is 8.78 Å². The van der Waals surface area contributed by atoms with Crippen molar-refractivity contribution in [3.63, 3.8) is 0 Å². The van der Waals surface area contributed by atoms with E-state index < -0.39 is 13.0 Å². The molecule has 0 bridgehead atoms. The topological polar surface area (TPSA) is 30.7 Å². The van der Waals surface area contributed by atoms with Crippen molar-refractivity contribution >= 4 is 22.8 Å². The third-order valence-corrected chi connectivity index (χ3v) is 2.28. The van der Waals surface area contributed by atoms with Crippen molar-refractivity contribution < 1.29 is 8.78 Å². The summed E-state index contributed by atoms with van der Waals surface area (Å²) in [4.78, 5) is 8.10. The second kappa shape index (κ2) is 3.73. The van der Waals surface area contributed by atoms with E-state index >= 15 is 0 Å². The van der Waals surface area contributed by atoms with Crippen LogP contribution in [0.3, 0.4) is 0 Å². The van der Waals surface area contributed by atoms with Crippen LogP contribution in [0.1, 0.15) is 5.82 Å². The highest BCUT2D eigenvalue weighted by molar-refractivity contribution is 6.29. The monoisotopic (exact) mass is 231 g/mol. The summed E-state index contributed by atoms with van der Waals surface area (Å²) in [5.41, 5.74) is 0.984. The van der Waals surface area contributed by atoms with E-state index in [1.165, 1.54) is 4.57 Å². The molecule has 0 aromatic carbocycles. The van der Waals surface area contributed by atoms with E-state index in [4.69, 9.17) is 11.6 Å². The summed E-state index contributed by atoms with van der Waals surface area (Å²) >= 11 is 5.70. The third-order valence-electron chi connectivity index (χ3n) is 2.07. The number of rotatable bonds is 2. The van der Waals surface area contributed by atoms with Gasteiger partial charge < -0.3 is 4.57 Å². The minimum Gasteiger partial charge on any atom is -0.307 e. The highest BCUT2D eigenvalue weighted by Crippen LogP contribution is 2.17. The maximum absolute atomic E-state index is 12.3. The predicted octanol–water partition coefficient (Wildman–Crippen LogP) is 2.66. The number of aromatic nitrogens is 3. The fourth-order valence-corrected chi connectivity index (χ4v) is 1.59. The van der Waals surface area contributed by atoms with Gasteiger partial charge in [-0.25, -0.2) is 18.7 Å². The molecule has 0 saturated carbocycles. The number of aryl methyl sites for hydroxylation is 1. The average Bonchev–Trinajstić information content (AvgIpc) is 2.43. The molecule has 0 aliphatic rings. The van der Waals surface area contributed by atoms with Crippen molar-refractivity contribution in [2.75, 3.05) is 0 Å². The van der Waals surface area contributed by atoms with Gasteiger partial charge in [0.15, 0.2) is 5.65 Å². The van der Waals surface area contributed by atoms with Crippen LogP contribution in [-0.4, -0.2) is 21.0 Å². The van der Waals surface area contributed by atoms with Gasteiger partial charge in [-0.3, -0.25) is 0 Å². The molecule has 0 spiro atoms. The van der Waals surface area contributed by atoms with Gasteiger partial charge in [0.05, 0.1) is 6.54 Å². The summed E-state index contributed by atoms with van der Waals surface area (Å²) in [5.74, 6) is 0.514. The van der Waals surface area contributed by atoms with Crippen LogP contribution in [0, 0.1) is 6.92 Å². The smallest absolute Gasteiger partial charge is 0.256 e. The zero-order valence-corrected chi connectivity index (χ0v) is 8.67. The van der Waals surface area contributed by atoms with Crippen molar-refractivity contribution in [1.29, 1.82) is 0 Å². The Bertz CT molecular complexity index is 495. The van der Waals surface area contributed by atoms with Gasteiger partial charge in [0, 0.05) is 0 Å². The Labute approximate surface area is 89.7 Å². The lowest BCUT2D eigenvalue weighted by Crippen LogP contribution is -2.08. The Morgan fingerprint density at radius 3 is 2.80 bits per heavy atom. The molecular weight excluding hydrogens is 224 g/mol.